The molecule has 1 amide bonds. The number of hydrogen-bond acceptors (Lipinski definition) is 3. The molecule has 0 aromatic heterocycles. The maximum absolute atomic E-state index is 12.7. The van der Waals surface area contributed by atoms with Crippen LogP contribution in [0.2, 0.25) is 0 Å². The van der Waals surface area contributed by atoms with E-state index < -0.39 is 6.10 Å². The summed E-state index contributed by atoms with van der Waals surface area (Å²) >= 11 is 0. The first-order valence-corrected chi connectivity index (χ1v) is 10.4. The number of amides is 1. The Labute approximate surface area is 167 Å². The Morgan fingerprint density at radius 2 is 1.71 bits per heavy atom. The highest BCUT2D eigenvalue weighted by Gasteiger charge is 2.30. The Kier molecular flexibility index (Phi) is 5.51. The Hall–Kier alpha value is -2.17. The van der Waals surface area contributed by atoms with Gasteiger partial charge >= 0.3 is 0 Å². The maximum atomic E-state index is 12.7. The van der Waals surface area contributed by atoms with Gasteiger partial charge in [0.1, 0.15) is 0 Å². The normalized spacial score (nSPS) is 19.1. The summed E-state index contributed by atoms with van der Waals surface area (Å²) in [6, 6.07) is 14.3. The average Bonchev–Trinajstić information content (AvgIpc) is 2.98. The number of hydrogen-bond donors (Lipinski definition) is 1. The summed E-state index contributed by atoms with van der Waals surface area (Å²) in [6.45, 7) is 8.40. The molecule has 1 N–H and O–H groups in total. The van der Waals surface area contributed by atoms with Crippen molar-refractivity contribution < 1.29 is 9.90 Å². The third-order valence-electron chi connectivity index (χ3n) is 6.22. The molecule has 1 saturated heterocycles. The Bertz CT molecular complexity index is 838. The first-order chi connectivity index (χ1) is 13.5. The smallest absolute Gasteiger partial charge is 0.254 e. The van der Waals surface area contributed by atoms with E-state index in [0.29, 0.717) is 12.5 Å². The molecule has 0 aliphatic carbocycles. The van der Waals surface area contributed by atoms with Gasteiger partial charge in [-0.25, -0.2) is 0 Å². The molecule has 4 rings (SSSR count). The van der Waals surface area contributed by atoms with Crippen molar-refractivity contribution >= 4 is 5.91 Å². The van der Waals surface area contributed by atoms with Crippen molar-refractivity contribution in [2.75, 3.05) is 26.2 Å². The lowest BCUT2D eigenvalue weighted by atomic mass is 9.95. The Balaban J connectivity index is 1.27. The first kappa shape index (κ1) is 19.2. The van der Waals surface area contributed by atoms with E-state index in [1.165, 1.54) is 16.7 Å². The van der Waals surface area contributed by atoms with Crippen molar-refractivity contribution in [3.05, 3.63) is 70.3 Å². The molecule has 4 nitrogen and oxygen atoms in total. The van der Waals surface area contributed by atoms with Gasteiger partial charge in [0.2, 0.25) is 0 Å². The highest BCUT2D eigenvalue weighted by molar-refractivity contribution is 5.98. The molecular weight excluding hydrogens is 348 g/mol. The van der Waals surface area contributed by atoms with Crippen LogP contribution in [-0.2, 0) is 6.54 Å². The standard InChI is InChI=1S/C24H30N2O2/c1-17-3-6-20(7-4-17)23(27)16-25-11-9-19(10-12-25)14-26-15-21-13-18(2)5-8-22(21)24(26)28/h3-8,13,19,23,27H,9-12,14-16H2,1-2H3. The molecule has 0 radical (unpaired) electrons. The van der Waals surface area contributed by atoms with E-state index in [1.807, 2.05) is 29.2 Å². The number of rotatable bonds is 5. The van der Waals surface area contributed by atoms with Gasteiger partial charge in [-0.3, -0.25) is 4.79 Å². The van der Waals surface area contributed by atoms with Crippen molar-refractivity contribution in [2.24, 2.45) is 5.92 Å². The molecule has 0 saturated carbocycles. The molecule has 4 heteroatoms. The quantitative estimate of drug-likeness (QED) is 0.863. The fraction of sp³-hybridized carbons (Fsp3) is 0.458. The number of aliphatic hydroxyl groups is 1. The number of piperidine rings is 1. The lowest BCUT2D eigenvalue weighted by Crippen LogP contribution is -2.40. The van der Waals surface area contributed by atoms with E-state index in [-0.39, 0.29) is 5.91 Å². The van der Waals surface area contributed by atoms with Crippen LogP contribution >= 0.6 is 0 Å². The van der Waals surface area contributed by atoms with Gasteiger partial charge < -0.3 is 14.9 Å². The number of carbonyl (C=O) groups excluding carboxylic acids is 1. The van der Waals surface area contributed by atoms with Crippen LogP contribution in [0.25, 0.3) is 0 Å². The van der Waals surface area contributed by atoms with Crippen LogP contribution in [0.4, 0.5) is 0 Å². The number of aryl methyl sites for hydroxylation is 2. The van der Waals surface area contributed by atoms with Crippen molar-refractivity contribution in [3.8, 4) is 0 Å². The van der Waals surface area contributed by atoms with Crippen molar-refractivity contribution in [1.29, 1.82) is 0 Å². The number of likely N-dealkylation sites (tertiary alicyclic amines) is 1. The fourth-order valence-corrected chi connectivity index (χ4v) is 4.46. The molecule has 148 valence electrons. The number of fused-ring (bicyclic) bond motifs is 1. The second-order valence-corrected chi connectivity index (χ2v) is 8.52. The largest absolute Gasteiger partial charge is 0.387 e. The number of carbonyl (C=O) groups is 1. The minimum atomic E-state index is -0.435. The molecule has 0 spiro atoms. The molecule has 28 heavy (non-hydrogen) atoms. The molecule has 0 bridgehead atoms. The molecule has 2 heterocycles. The lowest BCUT2D eigenvalue weighted by Gasteiger charge is -2.34. The average molecular weight is 379 g/mol. The zero-order valence-electron chi connectivity index (χ0n) is 16.9. The molecule has 1 fully saturated rings. The maximum Gasteiger partial charge on any atom is 0.254 e. The topological polar surface area (TPSA) is 43.8 Å². The summed E-state index contributed by atoms with van der Waals surface area (Å²) in [5.41, 5.74) is 5.47. The summed E-state index contributed by atoms with van der Waals surface area (Å²) in [5.74, 6) is 0.736. The van der Waals surface area contributed by atoms with Crippen LogP contribution in [0.3, 0.4) is 0 Å². The van der Waals surface area contributed by atoms with Gasteiger partial charge in [0.25, 0.3) is 5.91 Å². The molecule has 1 unspecified atom stereocenters. The van der Waals surface area contributed by atoms with Crippen molar-refractivity contribution in [2.45, 2.75) is 39.3 Å². The molecule has 2 aromatic rings. The number of benzene rings is 2. The second kappa shape index (κ2) is 8.06. The van der Waals surface area contributed by atoms with Crippen LogP contribution < -0.4 is 0 Å². The predicted octanol–water partition coefficient (Wildman–Crippen LogP) is 3.70. The summed E-state index contributed by atoms with van der Waals surface area (Å²) in [4.78, 5) is 17.0. The Morgan fingerprint density at radius 3 is 2.43 bits per heavy atom. The molecule has 2 aliphatic heterocycles. The number of β-amino-alcohol motifs (C(OH)–C–C–N with tert-alkyl or cyclic N) is 1. The minimum Gasteiger partial charge on any atom is -0.387 e. The molecule has 2 aliphatic rings. The number of aliphatic hydroxyl groups excluding tert-OH is 1. The van der Waals surface area contributed by atoms with E-state index in [1.54, 1.807) is 0 Å². The van der Waals surface area contributed by atoms with Gasteiger partial charge in [0.05, 0.1) is 6.10 Å². The summed E-state index contributed by atoms with van der Waals surface area (Å²) in [5, 5.41) is 10.5. The van der Waals surface area contributed by atoms with Crippen LogP contribution in [0.1, 0.15) is 51.6 Å². The first-order valence-electron chi connectivity index (χ1n) is 10.4. The van der Waals surface area contributed by atoms with Crippen LogP contribution in [0.5, 0.6) is 0 Å². The van der Waals surface area contributed by atoms with Gasteiger partial charge in [-0.05, 0) is 62.9 Å². The summed E-state index contributed by atoms with van der Waals surface area (Å²) in [6.07, 6.45) is 1.73. The van der Waals surface area contributed by atoms with E-state index in [0.717, 1.165) is 50.1 Å². The van der Waals surface area contributed by atoms with Crippen molar-refractivity contribution in [3.63, 3.8) is 0 Å². The van der Waals surface area contributed by atoms with Crippen LogP contribution in [-0.4, -0.2) is 47.0 Å². The highest BCUT2D eigenvalue weighted by Crippen LogP contribution is 2.27. The lowest BCUT2D eigenvalue weighted by molar-refractivity contribution is 0.0654. The van der Waals surface area contributed by atoms with E-state index >= 15 is 0 Å². The van der Waals surface area contributed by atoms with Crippen molar-refractivity contribution in [1.82, 2.24) is 9.80 Å². The summed E-state index contributed by atoms with van der Waals surface area (Å²) < 4.78 is 0. The second-order valence-electron chi connectivity index (χ2n) is 8.52. The van der Waals surface area contributed by atoms with E-state index in [9.17, 15) is 9.90 Å². The van der Waals surface area contributed by atoms with Gasteiger partial charge in [-0.15, -0.1) is 0 Å². The zero-order valence-corrected chi connectivity index (χ0v) is 16.9. The number of nitrogens with zero attached hydrogens (tertiary/aromatic N) is 2. The van der Waals surface area contributed by atoms with Gasteiger partial charge in [-0.2, -0.15) is 0 Å². The van der Waals surface area contributed by atoms with Crippen LogP contribution in [0, 0.1) is 19.8 Å². The van der Waals surface area contributed by atoms with Gasteiger partial charge in [0.15, 0.2) is 0 Å². The van der Waals surface area contributed by atoms with Crippen LogP contribution in [0.15, 0.2) is 42.5 Å². The zero-order chi connectivity index (χ0) is 19.7. The molecule has 2 aromatic carbocycles. The Morgan fingerprint density at radius 1 is 1.04 bits per heavy atom. The SMILES string of the molecule is Cc1ccc(C(O)CN2CCC(CN3Cc4cc(C)ccc4C3=O)CC2)cc1. The predicted molar refractivity (Wildman–Crippen MR) is 111 cm³/mol. The van der Waals surface area contributed by atoms with E-state index in [2.05, 4.69) is 36.9 Å². The molecule has 1 atom stereocenters. The third-order valence-corrected chi connectivity index (χ3v) is 6.22. The highest BCUT2D eigenvalue weighted by atomic mass is 16.3. The fourth-order valence-electron chi connectivity index (χ4n) is 4.46. The third kappa shape index (κ3) is 4.13. The summed E-state index contributed by atoms with van der Waals surface area (Å²) in [7, 11) is 0. The monoisotopic (exact) mass is 378 g/mol. The van der Waals surface area contributed by atoms with Gasteiger partial charge in [0, 0.05) is 25.2 Å². The molecular formula is C24H30N2O2. The van der Waals surface area contributed by atoms with E-state index in [4.69, 9.17) is 0 Å². The van der Waals surface area contributed by atoms with Gasteiger partial charge in [-0.1, -0.05) is 47.5 Å². The minimum absolute atomic E-state index is 0.187.